The Balaban J connectivity index is 3.92. The van der Waals surface area contributed by atoms with Crippen molar-refractivity contribution in [2.24, 2.45) is 11.8 Å². The van der Waals surface area contributed by atoms with Crippen molar-refractivity contribution in [2.75, 3.05) is 0 Å². The molecule has 0 bridgehead atoms. The van der Waals surface area contributed by atoms with Gasteiger partial charge in [0.1, 0.15) is 6.04 Å². The van der Waals surface area contributed by atoms with E-state index in [-0.39, 0.29) is 5.92 Å². The van der Waals surface area contributed by atoms with E-state index in [0.29, 0.717) is 0 Å². The minimum absolute atomic E-state index is 0.0718. The van der Waals surface area contributed by atoms with E-state index in [1.165, 1.54) is 0 Å². The van der Waals surface area contributed by atoms with E-state index in [4.69, 9.17) is 10.9 Å². The van der Waals surface area contributed by atoms with Crippen molar-refractivity contribution in [3.05, 3.63) is 0 Å². The summed E-state index contributed by atoms with van der Waals surface area (Å²) >= 11 is 0. The van der Waals surface area contributed by atoms with Gasteiger partial charge < -0.3 is 5.11 Å². The molecule has 0 spiro atoms. The fourth-order valence-corrected chi connectivity index (χ4v) is 0.715. The Morgan fingerprint density at radius 1 is 1.80 bits per heavy atom. The summed E-state index contributed by atoms with van der Waals surface area (Å²) in [6.45, 7) is 3.77. The average Bonchev–Trinajstić information content (AvgIpc) is 1.88. The number of aliphatic carboxylic acids is 1. The third-order valence-electron chi connectivity index (χ3n) is 1.66. The SMILES string of the molecule is CC[C@H](C)[C@@H](NN)C(=O)O. The molecule has 0 aliphatic rings. The number of carbonyl (C=O) groups is 1. The lowest BCUT2D eigenvalue weighted by molar-refractivity contribution is -0.140. The van der Waals surface area contributed by atoms with Crippen molar-refractivity contribution in [1.29, 1.82) is 0 Å². The van der Waals surface area contributed by atoms with Gasteiger partial charge in [0.2, 0.25) is 0 Å². The van der Waals surface area contributed by atoms with E-state index in [1.54, 1.807) is 0 Å². The Morgan fingerprint density at radius 2 is 2.30 bits per heavy atom. The monoisotopic (exact) mass is 146 g/mol. The maximum Gasteiger partial charge on any atom is 0.322 e. The summed E-state index contributed by atoms with van der Waals surface area (Å²) < 4.78 is 0. The van der Waals surface area contributed by atoms with Crippen LogP contribution in [0.25, 0.3) is 0 Å². The van der Waals surface area contributed by atoms with E-state index in [9.17, 15) is 4.79 Å². The molecule has 0 fully saturated rings. The number of hydrogen-bond acceptors (Lipinski definition) is 3. The molecule has 0 aliphatic carbocycles. The van der Waals surface area contributed by atoms with Gasteiger partial charge in [-0.3, -0.25) is 10.6 Å². The first-order valence-corrected chi connectivity index (χ1v) is 3.32. The van der Waals surface area contributed by atoms with Gasteiger partial charge in [0, 0.05) is 0 Å². The fourth-order valence-electron chi connectivity index (χ4n) is 0.715. The second-order valence-corrected chi connectivity index (χ2v) is 2.37. The third-order valence-corrected chi connectivity index (χ3v) is 1.66. The second-order valence-electron chi connectivity index (χ2n) is 2.37. The van der Waals surface area contributed by atoms with Crippen LogP contribution in [0, 0.1) is 5.92 Å². The molecule has 0 unspecified atom stereocenters. The lowest BCUT2D eigenvalue weighted by atomic mass is 10.0. The van der Waals surface area contributed by atoms with E-state index < -0.39 is 12.0 Å². The van der Waals surface area contributed by atoms with Crippen LogP contribution in [0.4, 0.5) is 0 Å². The number of nitrogens with two attached hydrogens (primary N) is 1. The van der Waals surface area contributed by atoms with Crippen LogP contribution in [0.2, 0.25) is 0 Å². The van der Waals surface area contributed by atoms with Crippen molar-refractivity contribution in [2.45, 2.75) is 26.3 Å². The van der Waals surface area contributed by atoms with Crippen molar-refractivity contribution < 1.29 is 9.90 Å². The zero-order valence-corrected chi connectivity index (χ0v) is 6.29. The van der Waals surface area contributed by atoms with Crippen LogP contribution < -0.4 is 11.3 Å². The van der Waals surface area contributed by atoms with Crippen LogP contribution in [0.1, 0.15) is 20.3 Å². The molecule has 10 heavy (non-hydrogen) atoms. The summed E-state index contributed by atoms with van der Waals surface area (Å²) in [5.74, 6) is 4.20. The Labute approximate surface area is 60.4 Å². The summed E-state index contributed by atoms with van der Waals surface area (Å²) in [6.07, 6.45) is 0.807. The molecule has 0 amide bonds. The Hall–Kier alpha value is -0.610. The van der Waals surface area contributed by atoms with Crippen LogP contribution in [0.15, 0.2) is 0 Å². The first-order chi connectivity index (χ1) is 4.63. The van der Waals surface area contributed by atoms with Gasteiger partial charge in [-0.1, -0.05) is 20.3 Å². The van der Waals surface area contributed by atoms with Gasteiger partial charge in [-0.2, -0.15) is 0 Å². The normalized spacial score (nSPS) is 16.3. The van der Waals surface area contributed by atoms with Gasteiger partial charge in [0.15, 0.2) is 0 Å². The van der Waals surface area contributed by atoms with Crippen LogP contribution in [-0.2, 0) is 4.79 Å². The van der Waals surface area contributed by atoms with Crippen LogP contribution in [0.3, 0.4) is 0 Å². The number of carboxylic acids is 1. The molecule has 0 saturated heterocycles. The highest BCUT2D eigenvalue weighted by Crippen LogP contribution is 2.05. The molecular weight excluding hydrogens is 132 g/mol. The molecule has 0 saturated carbocycles. The molecule has 0 heterocycles. The molecule has 4 heteroatoms. The summed E-state index contributed by atoms with van der Waals surface area (Å²) in [7, 11) is 0. The predicted molar refractivity (Wildman–Crippen MR) is 38.2 cm³/mol. The highest BCUT2D eigenvalue weighted by molar-refractivity contribution is 5.73. The Bertz CT molecular complexity index is 116. The number of rotatable bonds is 4. The van der Waals surface area contributed by atoms with Gasteiger partial charge in [-0.05, 0) is 5.92 Å². The smallest absolute Gasteiger partial charge is 0.322 e. The molecule has 60 valence electrons. The highest BCUT2D eigenvalue weighted by atomic mass is 16.4. The Kier molecular flexibility index (Phi) is 3.99. The fraction of sp³-hybridized carbons (Fsp3) is 0.833. The minimum atomic E-state index is -0.892. The highest BCUT2D eigenvalue weighted by Gasteiger charge is 2.20. The molecule has 0 aromatic rings. The summed E-state index contributed by atoms with van der Waals surface area (Å²) in [6, 6.07) is -0.620. The molecular formula is C6H14N2O2. The third kappa shape index (κ3) is 2.33. The van der Waals surface area contributed by atoms with E-state index in [0.717, 1.165) is 6.42 Å². The quantitative estimate of drug-likeness (QED) is 0.384. The molecule has 4 N–H and O–H groups in total. The summed E-state index contributed by atoms with van der Waals surface area (Å²) in [5, 5.41) is 8.53. The molecule has 2 atom stereocenters. The molecule has 0 rings (SSSR count). The van der Waals surface area contributed by atoms with Crippen molar-refractivity contribution >= 4 is 5.97 Å². The van der Waals surface area contributed by atoms with Crippen LogP contribution in [-0.4, -0.2) is 17.1 Å². The average molecular weight is 146 g/mol. The zero-order valence-electron chi connectivity index (χ0n) is 6.29. The second kappa shape index (κ2) is 4.24. The maximum atomic E-state index is 10.4. The number of hydrogen-bond donors (Lipinski definition) is 3. The lowest BCUT2D eigenvalue weighted by Gasteiger charge is -2.16. The number of carboxylic acid groups (broad SMARTS) is 1. The lowest BCUT2D eigenvalue weighted by Crippen LogP contribution is -2.45. The van der Waals surface area contributed by atoms with Crippen molar-refractivity contribution in [3.8, 4) is 0 Å². The van der Waals surface area contributed by atoms with Crippen LogP contribution in [0.5, 0.6) is 0 Å². The molecule has 0 radical (unpaired) electrons. The largest absolute Gasteiger partial charge is 0.480 e. The first kappa shape index (κ1) is 9.39. The molecule has 0 aromatic carbocycles. The molecule has 0 aliphatic heterocycles. The summed E-state index contributed by atoms with van der Waals surface area (Å²) in [5.41, 5.74) is 2.25. The number of hydrazine groups is 1. The molecule has 0 aromatic heterocycles. The van der Waals surface area contributed by atoms with Crippen LogP contribution >= 0.6 is 0 Å². The summed E-state index contributed by atoms with van der Waals surface area (Å²) in [4.78, 5) is 10.4. The molecule has 4 nitrogen and oxygen atoms in total. The van der Waals surface area contributed by atoms with E-state index >= 15 is 0 Å². The van der Waals surface area contributed by atoms with Gasteiger partial charge in [0.25, 0.3) is 0 Å². The first-order valence-electron chi connectivity index (χ1n) is 3.32. The maximum absolute atomic E-state index is 10.4. The zero-order chi connectivity index (χ0) is 8.15. The topological polar surface area (TPSA) is 75.3 Å². The van der Waals surface area contributed by atoms with E-state index in [2.05, 4.69) is 5.43 Å². The van der Waals surface area contributed by atoms with E-state index in [1.807, 2.05) is 13.8 Å². The predicted octanol–water partition coefficient (Wildman–Crippen LogP) is -0.0510. The van der Waals surface area contributed by atoms with Gasteiger partial charge in [-0.25, -0.2) is 5.43 Å². The minimum Gasteiger partial charge on any atom is -0.480 e. The standard InChI is InChI=1S/C6H14N2O2/c1-3-4(2)5(8-7)6(9)10/h4-5,8H,3,7H2,1-2H3,(H,9,10)/t4-,5+/m0/s1. The van der Waals surface area contributed by atoms with Gasteiger partial charge in [0.05, 0.1) is 0 Å². The van der Waals surface area contributed by atoms with Gasteiger partial charge >= 0.3 is 5.97 Å². The van der Waals surface area contributed by atoms with Crippen molar-refractivity contribution in [3.63, 3.8) is 0 Å². The van der Waals surface area contributed by atoms with Gasteiger partial charge in [-0.15, -0.1) is 0 Å². The number of nitrogens with one attached hydrogen (secondary N) is 1. The Morgan fingerprint density at radius 3 is 2.40 bits per heavy atom. The van der Waals surface area contributed by atoms with Crippen molar-refractivity contribution in [1.82, 2.24) is 5.43 Å².